The number of nitrogens with zero attached hydrogens (tertiary/aromatic N) is 2. The first-order chi connectivity index (χ1) is 12.1. The van der Waals surface area contributed by atoms with Gasteiger partial charge in [-0.15, -0.1) is 22.7 Å². The molecular formula is C19H23N3OS2. The molecule has 132 valence electrons. The van der Waals surface area contributed by atoms with Gasteiger partial charge in [-0.25, -0.2) is 4.98 Å². The monoisotopic (exact) mass is 373 g/mol. The Morgan fingerprint density at radius 1 is 1.20 bits per heavy atom. The maximum atomic E-state index is 12.7. The molecule has 0 atom stereocenters. The van der Waals surface area contributed by atoms with E-state index in [0.29, 0.717) is 6.54 Å². The summed E-state index contributed by atoms with van der Waals surface area (Å²) in [4.78, 5) is 18.4. The van der Waals surface area contributed by atoms with Crippen LogP contribution in [0.15, 0.2) is 29.9 Å². The SMILES string of the molecule is Cc1csc(CCCCNC(=O)c2c(-n3cccc3)sc(C)c2C)n1. The van der Waals surface area contributed by atoms with Crippen molar-refractivity contribution in [3.05, 3.63) is 56.6 Å². The van der Waals surface area contributed by atoms with E-state index in [9.17, 15) is 4.79 Å². The van der Waals surface area contributed by atoms with Crippen LogP contribution in [0.25, 0.3) is 5.00 Å². The molecule has 1 N–H and O–H groups in total. The number of unbranched alkanes of at least 4 members (excludes halogenated alkanes) is 1. The third kappa shape index (κ3) is 4.19. The number of carbonyl (C=O) groups excluding carboxylic acids is 1. The van der Waals surface area contributed by atoms with Crippen LogP contribution >= 0.6 is 22.7 Å². The molecule has 0 spiro atoms. The van der Waals surface area contributed by atoms with Gasteiger partial charge in [0.2, 0.25) is 0 Å². The predicted octanol–water partition coefficient (Wildman–Crippen LogP) is 4.67. The highest BCUT2D eigenvalue weighted by molar-refractivity contribution is 7.15. The molecule has 4 nitrogen and oxygen atoms in total. The molecule has 25 heavy (non-hydrogen) atoms. The minimum absolute atomic E-state index is 0.0237. The van der Waals surface area contributed by atoms with Crippen LogP contribution in [-0.2, 0) is 6.42 Å². The summed E-state index contributed by atoms with van der Waals surface area (Å²) in [6.45, 7) is 6.81. The van der Waals surface area contributed by atoms with Crippen molar-refractivity contribution in [1.29, 1.82) is 0 Å². The van der Waals surface area contributed by atoms with Crippen molar-refractivity contribution in [1.82, 2.24) is 14.9 Å². The van der Waals surface area contributed by atoms with Gasteiger partial charge in [-0.05, 0) is 57.7 Å². The van der Waals surface area contributed by atoms with Gasteiger partial charge in [-0.1, -0.05) is 0 Å². The van der Waals surface area contributed by atoms with Gasteiger partial charge in [-0.3, -0.25) is 4.79 Å². The molecule has 0 aromatic carbocycles. The average molecular weight is 374 g/mol. The Hall–Kier alpha value is -1.92. The smallest absolute Gasteiger partial charge is 0.254 e. The lowest BCUT2D eigenvalue weighted by Crippen LogP contribution is -2.25. The molecular weight excluding hydrogens is 350 g/mol. The number of aromatic nitrogens is 2. The molecule has 0 saturated carbocycles. The van der Waals surface area contributed by atoms with E-state index in [1.165, 1.54) is 9.88 Å². The lowest BCUT2D eigenvalue weighted by Gasteiger charge is -2.08. The molecule has 3 heterocycles. The van der Waals surface area contributed by atoms with Crippen molar-refractivity contribution >= 4 is 28.6 Å². The van der Waals surface area contributed by atoms with Gasteiger partial charge < -0.3 is 9.88 Å². The van der Waals surface area contributed by atoms with Crippen LogP contribution in [0.1, 0.15) is 44.3 Å². The molecule has 3 aromatic heterocycles. The molecule has 3 aromatic rings. The van der Waals surface area contributed by atoms with E-state index in [1.54, 1.807) is 22.7 Å². The number of aryl methyl sites for hydroxylation is 3. The number of amides is 1. The van der Waals surface area contributed by atoms with E-state index in [-0.39, 0.29) is 5.91 Å². The van der Waals surface area contributed by atoms with E-state index in [2.05, 4.69) is 22.6 Å². The molecule has 0 saturated heterocycles. The molecule has 0 radical (unpaired) electrons. The summed E-state index contributed by atoms with van der Waals surface area (Å²) >= 11 is 3.38. The Labute approximate surface area is 156 Å². The summed E-state index contributed by atoms with van der Waals surface area (Å²) < 4.78 is 2.02. The van der Waals surface area contributed by atoms with Gasteiger partial charge in [0.25, 0.3) is 5.91 Å². The lowest BCUT2D eigenvalue weighted by molar-refractivity contribution is 0.0953. The van der Waals surface area contributed by atoms with Crippen molar-refractivity contribution in [2.45, 2.75) is 40.0 Å². The summed E-state index contributed by atoms with van der Waals surface area (Å²) in [6, 6.07) is 3.96. The first-order valence-corrected chi connectivity index (χ1v) is 10.2. The van der Waals surface area contributed by atoms with Crippen molar-refractivity contribution in [3.8, 4) is 5.00 Å². The fourth-order valence-electron chi connectivity index (χ4n) is 2.74. The molecule has 0 fully saturated rings. The molecule has 1 amide bonds. The molecule has 0 aliphatic rings. The maximum absolute atomic E-state index is 12.7. The number of rotatable bonds is 7. The van der Waals surface area contributed by atoms with Gasteiger partial charge in [0, 0.05) is 34.9 Å². The van der Waals surface area contributed by atoms with Crippen LogP contribution in [0.3, 0.4) is 0 Å². The second-order valence-electron chi connectivity index (χ2n) is 6.15. The zero-order valence-corrected chi connectivity index (χ0v) is 16.5. The van der Waals surface area contributed by atoms with E-state index in [1.807, 2.05) is 42.9 Å². The Balaban J connectivity index is 1.56. The van der Waals surface area contributed by atoms with Gasteiger partial charge in [0.1, 0.15) is 5.00 Å². The second kappa shape index (κ2) is 7.97. The number of nitrogens with one attached hydrogen (secondary N) is 1. The van der Waals surface area contributed by atoms with Crippen molar-refractivity contribution in [3.63, 3.8) is 0 Å². The Morgan fingerprint density at radius 2 is 1.96 bits per heavy atom. The van der Waals surface area contributed by atoms with Gasteiger partial charge >= 0.3 is 0 Å². The maximum Gasteiger partial charge on any atom is 0.254 e. The molecule has 3 rings (SSSR count). The first-order valence-electron chi connectivity index (χ1n) is 8.49. The summed E-state index contributed by atoms with van der Waals surface area (Å²) in [5, 5.41) is 7.35. The fraction of sp³-hybridized carbons (Fsp3) is 0.368. The number of hydrogen-bond acceptors (Lipinski definition) is 4. The van der Waals surface area contributed by atoms with E-state index < -0.39 is 0 Å². The summed E-state index contributed by atoms with van der Waals surface area (Å²) in [5.41, 5.74) is 2.97. The van der Waals surface area contributed by atoms with Crippen LogP contribution in [0.5, 0.6) is 0 Å². The number of thiophene rings is 1. The van der Waals surface area contributed by atoms with Crippen LogP contribution in [-0.4, -0.2) is 22.0 Å². The minimum atomic E-state index is 0.0237. The Kier molecular flexibility index (Phi) is 5.71. The number of thiazole rings is 1. The minimum Gasteiger partial charge on any atom is -0.352 e. The quantitative estimate of drug-likeness (QED) is 0.612. The third-order valence-corrected chi connectivity index (χ3v) is 6.45. The second-order valence-corrected chi connectivity index (χ2v) is 8.30. The average Bonchev–Trinajstić information content (AvgIpc) is 3.29. The molecule has 0 aliphatic carbocycles. The topological polar surface area (TPSA) is 46.9 Å². The lowest BCUT2D eigenvalue weighted by atomic mass is 10.1. The predicted molar refractivity (Wildman–Crippen MR) is 105 cm³/mol. The standard InChI is InChI=1S/C19H23N3OS2/c1-13-12-24-16(21-13)8-4-5-9-20-18(23)17-14(2)15(3)25-19(17)22-10-6-7-11-22/h6-7,10-12H,4-5,8-9H2,1-3H3,(H,20,23). The van der Waals surface area contributed by atoms with Crippen molar-refractivity contribution < 1.29 is 4.79 Å². The zero-order chi connectivity index (χ0) is 17.8. The van der Waals surface area contributed by atoms with Gasteiger partial charge in [0.15, 0.2) is 0 Å². The van der Waals surface area contributed by atoms with Crippen LogP contribution < -0.4 is 5.32 Å². The fourth-order valence-corrected chi connectivity index (χ4v) is 4.68. The largest absolute Gasteiger partial charge is 0.352 e. The summed E-state index contributed by atoms with van der Waals surface area (Å²) in [7, 11) is 0. The normalized spacial score (nSPS) is 11.0. The van der Waals surface area contributed by atoms with Crippen molar-refractivity contribution in [2.24, 2.45) is 0 Å². The third-order valence-electron chi connectivity index (χ3n) is 4.20. The number of carbonyl (C=O) groups is 1. The van der Waals surface area contributed by atoms with E-state index >= 15 is 0 Å². The molecule has 6 heteroatoms. The molecule has 0 bridgehead atoms. The summed E-state index contributed by atoms with van der Waals surface area (Å²) in [6.07, 6.45) is 6.96. The summed E-state index contributed by atoms with van der Waals surface area (Å²) in [5.74, 6) is 0.0237. The molecule has 0 aliphatic heterocycles. The molecule has 0 unspecified atom stereocenters. The highest BCUT2D eigenvalue weighted by Gasteiger charge is 2.20. The highest BCUT2D eigenvalue weighted by Crippen LogP contribution is 2.30. The van der Waals surface area contributed by atoms with E-state index in [4.69, 9.17) is 0 Å². The Bertz CT molecular complexity index is 846. The van der Waals surface area contributed by atoms with Crippen molar-refractivity contribution in [2.75, 3.05) is 6.54 Å². The Morgan fingerprint density at radius 3 is 2.64 bits per heavy atom. The van der Waals surface area contributed by atoms with E-state index in [0.717, 1.165) is 41.1 Å². The van der Waals surface area contributed by atoms with Crippen LogP contribution in [0.4, 0.5) is 0 Å². The first kappa shape index (κ1) is 17.9. The number of hydrogen-bond donors (Lipinski definition) is 1. The van der Waals surface area contributed by atoms with Crippen LogP contribution in [0, 0.1) is 20.8 Å². The van der Waals surface area contributed by atoms with Gasteiger partial charge in [-0.2, -0.15) is 0 Å². The highest BCUT2D eigenvalue weighted by atomic mass is 32.1. The van der Waals surface area contributed by atoms with Gasteiger partial charge in [0.05, 0.1) is 10.6 Å². The van der Waals surface area contributed by atoms with Crippen LogP contribution in [0.2, 0.25) is 0 Å². The zero-order valence-electron chi connectivity index (χ0n) is 14.8.